The molecule has 0 saturated carbocycles. The van der Waals surface area contributed by atoms with Crippen molar-refractivity contribution in [3.05, 3.63) is 76.7 Å². The van der Waals surface area contributed by atoms with E-state index >= 15 is 0 Å². The van der Waals surface area contributed by atoms with Crippen molar-refractivity contribution in [3.8, 4) is 22.5 Å². The Morgan fingerprint density at radius 2 is 1.65 bits per heavy atom. The number of aryl methyl sites for hydroxylation is 4. The highest BCUT2D eigenvalue weighted by molar-refractivity contribution is 7.85. The SMILES string of the molecule is Cc1cc(C)c(S(=O)(=O)[O-])c(C)c1.Cn1cc(-c2nc(-c3ccc(Cl)cc3)c[n+](N)c2N)cn1. The molecule has 4 N–H and O–H groups in total. The zero-order valence-corrected chi connectivity index (χ0v) is 20.7. The summed E-state index contributed by atoms with van der Waals surface area (Å²) in [5.41, 5.74) is 11.0. The molecule has 0 atom stereocenters. The molecule has 0 radical (unpaired) electrons. The van der Waals surface area contributed by atoms with E-state index in [-0.39, 0.29) is 4.90 Å². The van der Waals surface area contributed by atoms with Crippen LogP contribution in [0.4, 0.5) is 5.82 Å². The largest absolute Gasteiger partial charge is 0.744 e. The quantitative estimate of drug-likeness (QED) is 0.250. The van der Waals surface area contributed by atoms with E-state index in [1.54, 1.807) is 55.2 Å². The minimum absolute atomic E-state index is 0.0851. The molecule has 11 heteroatoms. The molecule has 0 bridgehead atoms. The van der Waals surface area contributed by atoms with Gasteiger partial charge in [-0.1, -0.05) is 41.4 Å². The van der Waals surface area contributed by atoms with Gasteiger partial charge in [-0.25, -0.2) is 13.4 Å². The van der Waals surface area contributed by atoms with Crippen molar-refractivity contribution >= 4 is 27.5 Å². The summed E-state index contributed by atoms with van der Waals surface area (Å²) < 4.78 is 35.5. The summed E-state index contributed by atoms with van der Waals surface area (Å²) in [6, 6.07) is 10.8. The summed E-state index contributed by atoms with van der Waals surface area (Å²) >= 11 is 5.90. The van der Waals surface area contributed by atoms with Crippen molar-refractivity contribution in [2.45, 2.75) is 25.7 Å². The van der Waals surface area contributed by atoms with Gasteiger partial charge in [-0.05, 0) is 44.0 Å². The van der Waals surface area contributed by atoms with Crippen molar-refractivity contribution in [3.63, 3.8) is 0 Å². The lowest BCUT2D eigenvalue weighted by molar-refractivity contribution is -0.623. The van der Waals surface area contributed by atoms with Crippen LogP contribution in [0.2, 0.25) is 5.02 Å². The van der Waals surface area contributed by atoms with Gasteiger partial charge in [-0.3, -0.25) is 16.3 Å². The standard InChI is InChI=1S/C14H13ClN6.C9H12O3S/c1-20-7-10(6-18-20)13-14(16)21(17)8-12(19-13)9-2-4-11(15)5-3-9;1-6-4-7(2)9(8(3)5-6)13(10,11)12/h2-8,16H,17H2,1H3;4-5H,1-3H3,(H,10,11,12). The molecule has 0 aliphatic carbocycles. The van der Waals surface area contributed by atoms with E-state index in [0.717, 1.165) is 16.7 Å². The zero-order valence-electron chi connectivity index (χ0n) is 19.2. The molecule has 178 valence electrons. The van der Waals surface area contributed by atoms with Crippen LogP contribution < -0.4 is 16.3 Å². The van der Waals surface area contributed by atoms with E-state index < -0.39 is 10.1 Å². The number of nitrogens with zero attached hydrogens (tertiary/aromatic N) is 4. The average Bonchev–Trinajstić information content (AvgIpc) is 3.15. The molecule has 0 unspecified atom stereocenters. The van der Waals surface area contributed by atoms with Gasteiger partial charge in [0.15, 0.2) is 5.69 Å². The molecule has 4 aromatic rings. The highest BCUT2D eigenvalue weighted by Crippen LogP contribution is 2.25. The normalized spacial score (nSPS) is 11.1. The molecule has 0 aliphatic heterocycles. The Bertz CT molecular complexity index is 1430. The number of nitrogen functional groups attached to an aromatic ring is 2. The lowest BCUT2D eigenvalue weighted by Gasteiger charge is -2.14. The Morgan fingerprint density at radius 3 is 2.15 bits per heavy atom. The van der Waals surface area contributed by atoms with Gasteiger partial charge in [0.25, 0.3) is 0 Å². The van der Waals surface area contributed by atoms with E-state index in [1.807, 2.05) is 32.3 Å². The maximum atomic E-state index is 10.8. The van der Waals surface area contributed by atoms with Gasteiger partial charge >= 0.3 is 5.82 Å². The van der Waals surface area contributed by atoms with Gasteiger partial charge < -0.3 is 4.55 Å². The third kappa shape index (κ3) is 5.71. The number of hydrogen-bond donors (Lipinski definition) is 2. The van der Waals surface area contributed by atoms with Crippen molar-refractivity contribution in [2.75, 3.05) is 11.6 Å². The topological polar surface area (TPSA) is 144 Å². The maximum absolute atomic E-state index is 10.8. The van der Waals surface area contributed by atoms with Gasteiger partial charge in [0.05, 0.1) is 11.1 Å². The van der Waals surface area contributed by atoms with Crippen LogP contribution in [0.1, 0.15) is 16.7 Å². The van der Waals surface area contributed by atoms with Crippen LogP contribution in [-0.4, -0.2) is 27.7 Å². The van der Waals surface area contributed by atoms with Gasteiger partial charge in [0.1, 0.15) is 22.0 Å². The maximum Gasteiger partial charge on any atom is 0.322 e. The molecule has 9 nitrogen and oxygen atoms in total. The summed E-state index contributed by atoms with van der Waals surface area (Å²) in [6.07, 6.45) is 5.22. The molecule has 0 saturated heterocycles. The second-order valence-electron chi connectivity index (χ2n) is 7.86. The van der Waals surface area contributed by atoms with Gasteiger partial charge in [0, 0.05) is 29.4 Å². The number of rotatable bonds is 3. The summed E-state index contributed by atoms with van der Waals surface area (Å²) in [5.74, 6) is 6.31. The first-order valence-electron chi connectivity index (χ1n) is 10.1. The molecule has 4 rings (SSSR count). The first kappa shape index (κ1) is 25.2. The molecular weight excluding hydrogens is 476 g/mol. The second kappa shape index (κ2) is 9.80. The van der Waals surface area contributed by atoms with E-state index in [1.165, 1.54) is 4.68 Å². The molecule has 34 heavy (non-hydrogen) atoms. The molecule has 0 amide bonds. The first-order chi connectivity index (χ1) is 15.9. The van der Waals surface area contributed by atoms with Gasteiger partial charge in [0.2, 0.25) is 0 Å². The number of hydrogen-bond acceptors (Lipinski definition) is 7. The van der Waals surface area contributed by atoms with Crippen LogP contribution >= 0.6 is 11.6 Å². The highest BCUT2D eigenvalue weighted by atomic mass is 35.5. The Morgan fingerprint density at radius 1 is 1.06 bits per heavy atom. The van der Waals surface area contributed by atoms with E-state index in [9.17, 15) is 13.0 Å². The minimum Gasteiger partial charge on any atom is -0.744 e. The zero-order chi connectivity index (χ0) is 25.2. The summed E-state index contributed by atoms with van der Waals surface area (Å²) in [7, 11) is -2.50. The molecule has 0 spiro atoms. The van der Waals surface area contributed by atoms with Crippen molar-refractivity contribution in [1.82, 2.24) is 14.8 Å². The Balaban J connectivity index is 0.000000215. The summed E-state index contributed by atoms with van der Waals surface area (Å²) in [4.78, 5) is 4.51. The highest BCUT2D eigenvalue weighted by Gasteiger charge is 2.18. The second-order valence-corrected chi connectivity index (χ2v) is 9.61. The molecule has 0 fully saturated rings. The Hall–Kier alpha value is -3.47. The lowest BCUT2D eigenvalue weighted by Crippen LogP contribution is -2.47. The van der Waals surface area contributed by atoms with Crippen LogP contribution in [0.15, 0.2) is 59.9 Å². The van der Waals surface area contributed by atoms with Crippen LogP contribution in [-0.2, 0) is 17.2 Å². The van der Waals surface area contributed by atoms with Gasteiger partial charge in [-0.15, -0.1) is 4.68 Å². The fraction of sp³-hybridized carbons (Fsp3) is 0.174. The number of nitrogens with two attached hydrogens (primary N) is 2. The summed E-state index contributed by atoms with van der Waals surface area (Å²) in [6.45, 7) is 5.12. The first-order valence-corrected chi connectivity index (χ1v) is 11.9. The van der Waals surface area contributed by atoms with Crippen molar-refractivity contribution in [1.29, 1.82) is 0 Å². The van der Waals surface area contributed by atoms with Crippen LogP contribution in [0, 0.1) is 20.8 Å². The van der Waals surface area contributed by atoms with E-state index in [4.69, 9.17) is 23.2 Å². The number of aromatic nitrogens is 4. The molecule has 0 aliphatic rings. The number of benzene rings is 2. The van der Waals surface area contributed by atoms with Crippen molar-refractivity contribution < 1.29 is 17.6 Å². The lowest BCUT2D eigenvalue weighted by atomic mass is 10.1. The molecule has 2 aromatic heterocycles. The molecular formula is C23H25ClN6O3S. The van der Waals surface area contributed by atoms with Crippen LogP contribution in [0.5, 0.6) is 0 Å². The molecule has 2 heterocycles. The summed E-state index contributed by atoms with van der Waals surface area (Å²) in [5, 5.41) is 4.80. The van der Waals surface area contributed by atoms with E-state index in [0.29, 0.717) is 33.4 Å². The van der Waals surface area contributed by atoms with Crippen LogP contribution in [0.3, 0.4) is 0 Å². The van der Waals surface area contributed by atoms with Crippen molar-refractivity contribution in [2.24, 2.45) is 7.05 Å². The predicted octanol–water partition coefficient (Wildman–Crippen LogP) is 2.90. The monoisotopic (exact) mass is 500 g/mol. The van der Waals surface area contributed by atoms with E-state index in [2.05, 4.69) is 10.1 Å². The Labute approximate surface area is 203 Å². The molecule has 2 aromatic carbocycles. The number of halogens is 1. The fourth-order valence-electron chi connectivity index (χ4n) is 3.61. The predicted molar refractivity (Wildman–Crippen MR) is 130 cm³/mol. The number of anilines is 1. The van der Waals surface area contributed by atoms with Gasteiger partial charge in [-0.2, -0.15) is 5.10 Å². The van der Waals surface area contributed by atoms with Crippen LogP contribution in [0.25, 0.3) is 22.5 Å². The third-order valence-electron chi connectivity index (χ3n) is 4.99. The smallest absolute Gasteiger partial charge is 0.322 e. The fourth-order valence-corrected chi connectivity index (χ4v) is 4.64. The average molecular weight is 501 g/mol. The third-order valence-corrected chi connectivity index (χ3v) is 6.38. The minimum atomic E-state index is -4.33. The Kier molecular flexibility index (Phi) is 7.25.